The molecule has 0 radical (unpaired) electrons. The average Bonchev–Trinajstić information content (AvgIpc) is 4.01. The van der Waals surface area contributed by atoms with Gasteiger partial charge in [0.2, 0.25) is 0 Å². The van der Waals surface area contributed by atoms with Gasteiger partial charge in [0.15, 0.2) is 0 Å². The van der Waals surface area contributed by atoms with Crippen LogP contribution in [-0.2, 0) is 13.1 Å². The number of aromatic nitrogens is 6. The topological polar surface area (TPSA) is 86.4 Å². The Hall–Kier alpha value is -9.02. The van der Waals surface area contributed by atoms with Crippen LogP contribution in [0.3, 0.4) is 0 Å². The lowest BCUT2D eigenvalue weighted by Crippen LogP contribution is -2.09. The molecule has 0 aliphatic heterocycles. The Morgan fingerprint density at radius 1 is 0.382 bits per heavy atom. The van der Waals surface area contributed by atoms with E-state index in [1.165, 1.54) is 0 Å². The number of hydrogen-bond acceptors (Lipinski definition) is 8. The lowest BCUT2D eigenvalue weighted by Gasteiger charge is -2.25. The van der Waals surface area contributed by atoms with Crippen molar-refractivity contribution in [2.75, 3.05) is 24.0 Å². The molecule has 0 bridgehead atoms. The predicted molar refractivity (Wildman–Crippen MR) is 273 cm³/mol. The van der Waals surface area contributed by atoms with E-state index >= 15 is 0 Å². The molecule has 0 aliphatic rings. The molecule has 0 amide bonds. The van der Waals surface area contributed by atoms with E-state index in [0.717, 1.165) is 101 Å². The van der Waals surface area contributed by atoms with E-state index < -0.39 is 0 Å². The third-order valence-corrected chi connectivity index (χ3v) is 12.2. The van der Waals surface area contributed by atoms with Gasteiger partial charge < -0.3 is 19.3 Å². The zero-order valence-corrected chi connectivity index (χ0v) is 37.6. The molecule has 10 heteroatoms. The Kier molecular flexibility index (Phi) is 11.3. The van der Waals surface area contributed by atoms with Crippen molar-refractivity contribution < 1.29 is 9.47 Å². The molecular weight excluding hydrogens is 841 g/mol. The Balaban J connectivity index is 1.11. The van der Waals surface area contributed by atoms with Crippen LogP contribution in [0.1, 0.15) is 11.1 Å². The monoisotopic (exact) mass is 886 g/mol. The summed E-state index contributed by atoms with van der Waals surface area (Å²) in [6, 6.07) is 75.1. The minimum absolute atomic E-state index is 0.448. The Morgan fingerprint density at radius 3 is 1.16 bits per heavy atom. The predicted octanol–water partition coefficient (Wildman–Crippen LogP) is 13.6. The molecule has 0 N–H and O–H groups in total. The summed E-state index contributed by atoms with van der Waals surface area (Å²) < 4.78 is 13.0. The number of nitrogens with zero attached hydrogens (tertiary/aromatic N) is 8. The maximum atomic E-state index is 5.51. The summed E-state index contributed by atoms with van der Waals surface area (Å²) in [5.74, 6) is 1.58. The van der Waals surface area contributed by atoms with Crippen LogP contribution in [0.5, 0.6) is 11.5 Å². The van der Waals surface area contributed by atoms with Gasteiger partial charge in [-0.2, -0.15) is 15.0 Å². The van der Waals surface area contributed by atoms with Crippen LogP contribution in [0.15, 0.2) is 218 Å². The van der Waals surface area contributed by atoms with E-state index in [1.54, 1.807) is 19.0 Å². The van der Waals surface area contributed by atoms with Gasteiger partial charge >= 0.3 is 0 Å². The van der Waals surface area contributed by atoms with E-state index in [0.29, 0.717) is 13.1 Å². The Morgan fingerprint density at radius 2 is 0.750 bits per heavy atom. The average molecular weight is 887 g/mol. The van der Waals surface area contributed by atoms with Crippen molar-refractivity contribution in [1.82, 2.24) is 30.0 Å². The molecule has 68 heavy (non-hydrogen) atoms. The molecular formula is C58H46N8O2. The van der Waals surface area contributed by atoms with Gasteiger partial charge in [-0.15, -0.1) is 5.10 Å². The maximum absolute atomic E-state index is 5.51. The second kappa shape index (κ2) is 18.5. The summed E-state index contributed by atoms with van der Waals surface area (Å²) >= 11 is 0. The van der Waals surface area contributed by atoms with E-state index in [9.17, 15) is 0 Å². The van der Waals surface area contributed by atoms with Crippen LogP contribution in [-0.4, -0.2) is 44.2 Å². The second-order valence-corrected chi connectivity index (χ2v) is 16.4. The molecule has 11 aromatic rings. The van der Waals surface area contributed by atoms with Crippen molar-refractivity contribution in [3.63, 3.8) is 0 Å². The number of fused-ring (bicyclic) bond motifs is 2. The molecule has 11 rings (SSSR count). The highest BCUT2D eigenvalue weighted by atomic mass is 16.5. The zero-order valence-electron chi connectivity index (χ0n) is 37.6. The largest absolute Gasteiger partial charge is 0.497 e. The fourth-order valence-corrected chi connectivity index (χ4v) is 8.92. The van der Waals surface area contributed by atoms with Crippen LogP contribution < -0.4 is 19.3 Å². The van der Waals surface area contributed by atoms with Gasteiger partial charge in [-0.25, -0.2) is 4.68 Å². The van der Waals surface area contributed by atoms with Gasteiger partial charge in [0, 0.05) is 45.3 Å². The molecule has 2 aromatic heterocycles. The van der Waals surface area contributed by atoms with Crippen molar-refractivity contribution >= 4 is 56.2 Å². The molecule has 0 saturated carbocycles. The van der Waals surface area contributed by atoms with Crippen molar-refractivity contribution in [3.05, 3.63) is 230 Å². The number of methoxy groups -OCH3 is 2. The maximum Gasteiger partial charge on any atom is 0.124 e. The standard InChI is InChI=1S/C58H46N8O2/c1-67-51-35-23-41(24-36-51)39-63-58-54(44-29-33-50(34-30-44)66(47-19-11-5-12-20-47)48-21-13-6-14-22-48)56-55(60-64(61-56)40-42-25-37-52(68-2)38-26-42)53(57(58)59-62-63)43-27-31-49(32-28-43)65(45-15-7-3-8-16-45)46-17-9-4-10-18-46/h3-38H,39-40H2,1-2H3. The van der Waals surface area contributed by atoms with Gasteiger partial charge in [-0.1, -0.05) is 127 Å². The minimum Gasteiger partial charge on any atom is -0.497 e. The fraction of sp³-hybridized carbons (Fsp3) is 0.0690. The Bertz CT molecular complexity index is 3350. The number of ether oxygens (including phenoxy) is 2. The van der Waals surface area contributed by atoms with Gasteiger partial charge in [0.05, 0.1) is 32.8 Å². The van der Waals surface area contributed by atoms with Gasteiger partial charge in [-0.3, -0.25) is 0 Å². The third-order valence-electron chi connectivity index (χ3n) is 12.2. The molecule has 0 atom stereocenters. The molecule has 0 saturated heterocycles. The molecule has 9 aromatic carbocycles. The highest BCUT2D eigenvalue weighted by Crippen LogP contribution is 2.44. The lowest BCUT2D eigenvalue weighted by molar-refractivity contribution is 0.414. The van der Waals surface area contributed by atoms with Crippen molar-refractivity contribution in [3.8, 4) is 33.8 Å². The van der Waals surface area contributed by atoms with Crippen LogP contribution in [0.4, 0.5) is 34.1 Å². The number of benzene rings is 9. The van der Waals surface area contributed by atoms with E-state index in [4.69, 9.17) is 30.0 Å². The smallest absolute Gasteiger partial charge is 0.124 e. The molecule has 0 fully saturated rings. The molecule has 0 aliphatic carbocycles. The quantitative estimate of drug-likeness (QED) is 0.107. The third kappa shape index (κ3) is 8.15. The van der Waals surface area contributed by atoms with Crippen molar-refractivity contribution in [2.45, 2.75) is 13.1 Å². The first-order valence-electron chi connectivity index (χ1n) is 22.5. The first kappa shape index (κ1) is 41.7. The normalized spacial score (nSPS) is 11.2. The Labute approximate surface area is 394 Å². The molecule has 0 unspecified atom stereocenters. The number of rotatable bonds is 14. The second-order valence-electron chi connectivity index (χ2n) is 16.4. The summed E-state index contributed by atoms with van der Waals surface area (Å²) in [4.78, 5) is 6.31. The van der Waals surface area contributed by atoms with Crippen LogP contribution in [0.2, 0.25) is 0 Å². The van der Waals surface area contributed by atoms with Crippen LogP contribution >= 0.6 is 0 Å². The number of para-hydroxylation sites is 4. The molecule has 2 heterocycles. The molecule has 10 nitrogen and oxygen atoms in total. The summed E-state index contributed by atoms with van der Waals surface area (Å²) in [5, 5.41) is 20.6. The van der Waals surface area contributed by atoms with E-state index in [-0.39, 0.29) is 0 Å². The van der Waals surface area contributed by atoms with Gasteiger partial charge in [0.1, 0.15) is 28.0 Å². The highest BCUT2D eigenvalue weighted by Gasteiger charge is 2.27. The SMILES string of the molecule is COc1ccc(Cn2nc3c(-c4ccc(N(c5ccccc5)c5ccccc5)cc4)c4nnn(Cc5ccc(OC)cc5)c4c(-c4ccc(N(c5ccccc5)c5ccccc5)cc4)c3n2)cc1. The van der Waals surface area contributed by atoms with Gasteiger partial charge in [-0.05, 0) is 119 Å². The van der Waals surface area contributed by atoms with Crippen molar-refractivity contribution in [1.29, 1.82) is 0 Å². The summed E-state index contributed by atoms with van der Waals surface area (Å²) in [7, 11) is 3.35. The number of anilines is 6. The molecule has 330 valence electrons. The fourth-order valence-electron chi connectivity index (χ4n) is 8.92. The summed E-state index contributed by atoms with van der Waals surface area (Å²) in [6.07, 6.45) is 0. The van der Waals surface area contributed by atoms with E-state index in [1.807, 2.05) is 65.3 Å². The highest BCUT2D eigenvalue weighted by molar-refractivity contribution is 6.17. The number of hydrogen-bond donors (Lipinski definition) is 0. The minimum atomic E-state index is 0.448. The summed E-state index contributed by atoms with van der Waals surface area (Å²) in [5.41, 5.74) is 15.1. The van der Waals surface area contributed by atoms with E-state index in [2.05, 4.69) is 168 Å². The first-order valence-corrected chi connectivity index (χ1v) is 22.5. The van der Waals surface area contributed by atoms with Crippen molar-refractivity contribution in [2.24, 2.45) is 0 Å². The molecule has 0 spiro atoms. The first-order chi connectivity index (χ1) is 33.6. The zero-order chi connectivity index (χ0) is 45.8. The van der Waals surface area contributed by atoms with Crippen LogP contribution in [0, 0.1) is 0 Å². The summed E-state index contributed by atoms with van der Waals surface area (Å²) in [6.45, 7) is 0.914. The van der Waals surface area contributed by atoms with Crippen LogP contribution in [0.25, 0.3) is 44.3 Å². The van der Waals surface area contributed by atoms with Gasteiger partial charge in [0.25, 0.3) is 0 Å². The lowest BCUT2D eigenvalue weighted by atomic mass is 9.94.